The molecular formula is C23H22F3NO4S. The van der Waals surface area contributed by atoms with Crippen LogP contribution in [0, 0.1) is 0 Å². The van der Waals surface area contributed by atoms with Crippen molar-refractivity contribution in [3.63, 3.8) is 0 Å². The van der Waals surface area contributed by atoms with Crippen LogP contribution >= 0.6 is 11.8 Å². The number of hydrogen-bond acceptors (Lipinski definition) is 6. The molecule has 1 aliphatic rings. The number of esters is 1. The summed E-state index contributed by atoms with van der Waals surface area (Å²) >= 11 is 1.32. The molecular weight excluding hydrogens is 443 g/mol. The molecule has 9 heteroatoms. The van der Waals surface area contributed by atoms with Gasteiger partial charge in [-0.1, -0.05) is 42.5 Å². The summed E-state index contributed by atoms with van der Waals surface area (Å²) in [5, 5.41) is -0.612. The standard InChI is InChI=1S/C23H22F3NO4S/c1-14(29)31-21-20(30)18(11-12-27(2)23(24,25)26)17-5-3-4-6-19(17)32-22(21)16-9-7-15(13-28)8-10-16/h3-10,13,18,21-22H,11-12H2,1-2H3/t18?,21-,22-/m0/s1. The van der Waals surface area contributed by atoms with E-state index in [1.54, 1.807) is 48.5 Å². The van der Waals surface area contributed by atoms with E-state index in [4.69, 9.17) is 4.74 Å². The molecule has 1 unspecified atom stereocenters. The van der Waals surface area contributed by atoms with Crippen LogP contribution in [0.5, 0.6) is 0 Å². The Balaban J connectivity index is 2.02. The number of rotatable bonds is 6. The third kappa shape index (κ3) is 5.39. The van der Waals surface area contributed by atoms with Crippen molar-refractivity contribution < 1.29 is 32.3 Å². The number of fused-ring (bicyclic) bond motifs is 1. The van der Waals surface area contributed by atoms with Gasteiger partial charge in [-0.3, -0.25) is 14.4 Å². The third-order valence-electron chi connectivity index (χ3n) is 5.33. The number of carbonyl (C=O) groups excluding carboxylic acids is 3. The van der Waals surface area contributed by atoms with Crippen LogP contribution in [0.3, 0.4) is 0 Å². The molecule has 0 bridgehead atoms. The molecule has 0 amide bonds. The van der Waals surface area contributed by atoms with Gasteiger partial charge in [0.15, 0.2) is 11.9 Å². The van der Waals surface area contributed by atoms with Crippen molar-refractivity contribution in [3.05, 3.63) is 65.2 Å². The van der Waals surface area contributed by atoms with Crippen LogP contribution in [0.1, 0.15) is 46.0 Å². The number of thioether (sulfide) groups is 1. The maximum atomic E-state index is 13.6. The minimum absolute atomic E-state index is 0.0824. The Bertz CT molecular complexity index is 993. The summed E-state index contributed by atoms with van der Waals surface area (Å²) in [5.74, 6) is -1.97. The minimum Gasteiger partial charge on any atom is -0.453 e. The molecule has 2 aromatic carbocycles. The summed E-state index contributed by atoms with van der Waals surface area (Å²) < 4.78 is 44.5. The molecule has 2 aromatic rings. The first kappa shape index (κ1) is 24.0. The van der Waals surface area contributed by atoms with E-state index in [1.165, 1.54) is 18.7 Å². The average Bonchev–Trinajstić information content (AvgIpc) is 2.86. The quantitative estimate of drug-likeness (QED) is 0.348. The highest BCUT2D eigenvalue weighted by Crippen LogP contribution is 2.47. The molecule has 1 heterocycles. The third-order valence-corrected chi connectivity index (χ3v) is 6.73. The van der Waals surface area contributed by atoms with Gasteiger partial charge in [0.1, 0.15) is 6.29 Å². The lowest BCUT2D eigenvalue weighted by Crippen LogP contribution is -2.38. The Hall–Kier alpha value is -2.65. The number of halogens is 3. The fourth-order valence-electron chi connectivity index (χ4n) is 3.63. The van der Waals surface area contributed by atoms with E-state index in [-0.39, 0.29) is 17.9 Å². The topological polar surface area (TPSA) is 63.7 Å². The van der Waals surface area contributed by atoms with Crippen molar-refractivity contribution in [2.45, 2.75) is 41.8 Å². The van der Waals surface area contributed by atoms with E-state index >= 15 is 0 Å². The predicted octanol–water partition coefficient (Wildman–Crippen LogP) is 4.77. The van der Waals surface area contributed by atoms with Gasteiger partial charge in [0.2, 0.25) is 0 Å². The second-order valence-corrected chi connectivity index (χ2v) is 8.71. The first-order chi connectivity index (χ1) is 15.1. The average molecular weight is 465 g/mol. The molecule has 5 nitrogen and oxygen atoms in total. The second kappa shape index (κ2) is 9.87. The smallest absolute Gasteiger partial charge is 0.453 e. The Morgan fingerprint density at radius 2 is 1.81 bits per heavy atom. The molecule has 0 aliphatic carbocycles. The maximum absolute atomic E-state index is 13.6. The number of benzene rings is 2. The largest absolute Gasteiger partial charge is 0.459 e. The highest BCUT2D eigenvalue weighted by molar-refractivity contribution is 7.99. The number of carbonyl (C=O) groups is 3. The fraction of sp³-hybridized carbons (Fsp3) is 0.348. The SMILES string of the molecule is CC(=O)O[C@H]1C(=O)C(CCN(C)C(F)(F)F)c2ccccc2S[C@H]1c1ccc(C=O)cc1. The lowest BCUT2D eigenvalue weighted by atomic mass is 9.87. The summed E-state index contributed by atoms with van der Waals surface area (Å²) in [5.41, 5.74) is 1.74. The van der Waals surface area contributed by atoms with Crippen molar-refractivity contribution >= 4 is 29.8 Å². The Labute approximate surface area is 187 Å². The van der Waals surface area contributed by atoms with Crippen LogP contribution in [0.2, 0.25) is 0 Å². The molecule has 1 aliphatic heterocycles. The zero-order chi connectivity index (χ0) is 23.5. The zero-order valence-electron chi connectivity index (χ0n) is 17.5. The van der Waals surface area contributed by atoms with Gasteiger partial charge in [-0.25, -0.2) is 4.90 Å². The number of Topliss-reactive ketones (excluding diaryl/α,β-unsaturated/α-hetero) is 1. The van der Waals surface area contributed by atoms with Crippen LogP contribution in [0.25, 0.3) is 0 Å². The highest BCUT2D eigenvalue weighted by Gasteiger charge is 2.43. The number of ketones is 1. The summed E-state index contributed by atoms with van der Waals surface area (Å²) in [6.45, 7) is 0.805. The van der Waals surface area contributed by atoms with Crippen molar-refractivity contribution in [2.24, 2.45) is 0 Å². The second-order valence-electron chi connectivity index (χ2n) is 7.52. The van der Waals surface area contributed by atoms with Crippen LogP contribution in [-0.4, -0.2) is 48.9 Å². The van der Waals surface area contributed by atoms with Crippen molar-refractivity contribution in [2.75, 3.05) is 13.6 Å². The molecule has 0 fully saturated rings. The molecule has 3 rings (SSSR count). The first-order valence-corrected chi connectivity index (χ1v) is 10.8. The number of nitrogens with zero attached hydrogens (tertiary/aromatic N) is 1. The Morgan fingerprint density at radius 1 is 1.16 bits per heavy atom. The molecule has 0 N–H and O–H groups in total. The summed E-state index contributed by atoms with van der Waals surface area (Å²) in [7, 11) is 0.933. The summed E-state index contributed by atoms with van der Waals surface area (Å²) in [6.07, 6.45) is -5.09. The van der Waals surface area contributed by atoms with E-state index in [0.717, 1.165) is 11.9 Å². The first-order valence-electron chi connectivity index (χ1n) is 9.91. The van der Waals surface area contributed by atoms with Gasteiger partial charge in [0.05, 0.1) is 5.25 Å². The van der Waals surface area contributed by atoms with Gasteiger partial charge in [-0.05, 0) is 30.7 Å². The van der Waals surface area contributed by atoms with E-state index in [0.29, 0.717) is 23.0 Å². The monoisotopic (exact) mass is 465 g/mol. The highest BCUT2D eigenvalue weighted by atomic mass is 32.2. The van der Waals surface area contributed by atoms with Crippen molar-refractivity contribution in [1.82, 2.24) is 4.90 Å². The maximum Gasteiger partial charge on any atom is 0.459 e. The summed E-state index contributed by atoms with van der Waals surface area (Å²) in [4.78, 5) is 37.4. The molecule has 0 radical (unpaired) electrons. The van der Waals surface area contributed by atoms with Crippen LogP contribution in [0.15, 0.2) is 53.4 Å². The van der Waals surface area contributed by atoms with Gasteiger partial charge in [-0.15, -0.1) is 11.8 Å². The number of alkyl halides is 3. The van der Waals surface area contributed by atoms with Crippen molar-refractivity contribution in [3.8, 4) is 0 Å². The minimum atomic E-state index is -4.51. The van der Waals surface area contributed by atoms with Crippen LogP contribution < -0.4 is 0 Å². The van der Waals surface area contributed by atoms with Gasteiger partial charge >= 0.3 is 12.3 Å². The summed E-state index contributed by atoms with van der Waals surface area (Å²) in [6, 6.07) is 13.6. The zero-order valence-corrected chi connectivity index (χ0v) is 18.3. The van der Waals surface area contributed by atoms with Gasteiger partial charge < -0.3 is 4.74 Å². The van der Waals surface area contributed by atoms with Gasteiger partial charge in [-0.2, -0.15) is 13.2 Å². The van der Waals surface area contributed by atoms with E-state index < -0.39 is 35.3 Å². The molecule has 0 spiro atoms. The van der Waals surface area contributed by atoms with E-state index in [2.05, 4.69) is 0 Å². The number of ether oxygens (including phenoxy) is 1. The molecule has 3 atom stereocenters. The van der Waals surface area contributed by atoms with Gasteiger partial charge in [0, 0.05) is 29.8 Å². The fourth-order valence-corrected chi connectivity index (χ4v) is 5.01. The Kier molecular flexibility index (Phi) is 7.40. The predicted molar refractivity (Wildman–Crippen MR) is 113 cm³/mol. The molecule has 0 saturated carbocycles. The van der Waals surface area contributed by atoms with E-state index in [1.807, 2.05) is 0 Å². The lowest BCUT2D eigenvalue weighted by molar-refractivity contribution is -0.236. The molecule has 32 heavy (non-hydrogen) atoms. The van der Waals surface area contributed by atoms with Crippen molar-refractivity contribution in [1.29, 1.82) is 0 Å². The number of aldehydes is 1. The molecule has 0 aromatic heterocycles. The molecule has 0 saturated heterocycles. The van der Waals surface area contributed by atoms with Gasteiger partial charge in [0.25, 0.3) is 0 Å². The Morgan fingerprint density at radius 3 is 2.41 bits per heavy atom. The normalized spacial score (nSPS) is 21.1. The lowest BCUT2D eigenvalue weighted by Gasteiger charge is -2.26. The van der Waals surface area contributed by atoms with E-state index in [9.17, 15) is 27.6 Å². The van der Waals surface area contributed by atoms with Crippen LogP contribution in [-0.2, 0) is 14.3 Å². The number of hydrogen-bond donors (Lipinski definition) is 0. The molecule has 170 valence electrons. The van der Waals surface area contributed by atoms with Crippen LogP contribution in [0.4, 0.5) is 13.2 Å².